The second-order valence-corrected chi connectivity index (χ2v) is 3.66. The maximum absolute atomic E-state index is 5.69. The SMILES string of the molecule is Nc1nccn1Cc1cc2ccccc2o1. The highest BCUT2D eigenvalue weighted by atomic mass is 16.3. The van der Waals surface area contributed by atoms with Gasteiger partial charge in [0.2, 0.25) is 5.95 Å². The van der Waals surface area contributed by atoms with Gasteiger partial charge in [-0.3, -0.25) is 0 Å². The van der Waals surface area contributed by atoms with Crippen LogP contribution in [-0.2, 0) is 6.54 Å². The molecule has 0 spiro atoms. The number of hydrogen-bond acceptors (Lipinski definition) is 3. The van der Waals surface area contributed by atoms with Crippen molar-refractivity contribution in [2.45, 2.75) is 6.54 Å². The molecule has 0 aliphatic carbocycles. The van der Waals surface area contributed by atoms with E-state index in [9.17, 15) is 0 Å². The minimum absolute atomic E-state index is 0.500. The number of nitrogens with zero attached hydrogens (tertiary/aromatic N) is 2. The van der Waals surface area contributed by atoms with E-state index in [0.717, 1.165) is 16.7 Å². The predicted molar refractivity (Wildman–Crippen MR) is 62.0 cm³/mol. The van der Waals surface area contributed by atoms with E-state index < -0.39 is 0 Å². The fourth-order valence-corrected chi connectivity index (χ4v) is 1.76. The smallest absolute Gasteiger partial charge is 0.200 e. The second kappa shape index (κ2) is 3.41. The molecule has 3 rings (SSSR count). The van der Waals surface area contributed by atoms with E-state index in [0.29, 0.717) is 12.5 Å². The number of nitrogen functional groups attached to an aromatic ring is 1. The maximum Gasteiger partial charge on any atom is 0.200 e. The maximum atomic E-state index is 5.69. The molecule has 0 saturated heterocycles. The molecule has 16 heavy (non-hydrogen) atoms. The van der Waals surface area contributed by atoms with Crippen molar-refractivity contribution in [3.8, 4) is 0 Å². The van der Waals surface area contributed by atoms with Crippen molar-refractivity contribution in [1.82, 2.24) is 9.55 Å². The molecule has 0 aliphatic heterocycles. The van der Waals surface area contributed by atoms with Crippen LogP contribution in [0.2, 0.25) is 0 Å². The average Bonchev–Trinajstić information content (AvgIpc) is 2.85. The molecule has 2 aromatic heterocycles. The third kappa shape index (κ3) is 1.44. The van der Waals surface area contributed by atoms with Crippen LogP contribution in [0.5, 0.6) is 0 Å². The molecule has 80 valence electrons. The number of imidazole rings is 1. The topological polar surface area (TPSA) is 57.0 Å². The van der Waals surface area contributed by atoms with Crippen molar-refractivity contribution in [1.29, 1.82) is 0 Å². The van der Waals surface area contributed by atoms with Crippen LogP contribution in [-0.4, -0.2) is 9.55 Å². The monoisotopic (exact) mass is 213 g/mol. The molecule has 0 radical (unpaired) electrons. The molecule has 0 bridgehead atoms. The van der Waals surface area contributed by atoms with Gasteiger partial charge in [-0.2, -0.15) is 0 Å². The van der Waals surface area contributed by atoms with Gasteiger partial charge < -0.3 is 14.7 Å². The zero-order chi connectivity index (χ0) is 11.0. The molecule has 4 nitrogen and oxygen atoms in total. The lowest BCUT2D eigenvalue weighted by atomic mass is 10.2. The lowest BCUT2D eigenvalue weighted by Gasteiger charge is -2.00. The Morgan fingerprint density at radius 2 is 2.19 bits per heavy atom. The largest absolute Gasteiger partial charge is 0.459 e. The number of anilines is 1. The Kier molecular flexibility index (Phi) is 1.93. The van der Waals surface area contributed by atoms with Crippen molar-refractivity contribution in [2.75, 3.05) is 5.73 Å². The van der Waals surface area contributed by atoms with E-state index in [1.54, 1.807) is 6.20 Å². The third-order valence-corrected chi connectivity index (χ3v) is 2.55. The summed E-state index contributed by atoms with van der Waals surface area (Å²) in [6.45, 7) is 0.612. The predicted octanol–water partition coefficient (Wildman–Crippen LogP) is 2.26. The lowest BCUT2D eigenvalue weighted by Crippen LogP contribution is -2.02. The Hall–Kier alpha value is -2.23. The minimum Gasteiger partial charge on any atom is -0.459 e. The van der Waals surface area contributed by atoms with Crippen LogP contribution in [0, 0.1) is 0 Å². The lowest BCUT2D eigenvalue weighted by molar-refractivity contribution is 0.530. The fraction of sp³-hybridized carbons (Fsp3) is 0.0833. The van der Waals surface area contributed by atoms with E-state index in [1.807, 2.05) is 41.1 Å². The van der Waals surface area contributed by atoms with Crippen molar-refractivity contribution in [3.63, 3.8) is 0 Å². The van der Waals surface area contributed by atoms with Crippen LogP contribution in [0.25, 0.3) is 11.0 Å². The number of rotatable bonds is 2. The van der Waals surface area contributed by atoms with Gasteiger partial charge in [0.25, 0.3) is 0 Å². The first-order valence-corrected chi connectivity index (χ1v) is 5.07. The Morgan fingerprint density at radius 1 is 1.31 bits per heavy atom. The van der Waals surface area contributed by atoms with Crippen molar-refractivity contribution >= 4 is 16.9 Å². The Labute approximate surface area is 92.3 Å². The number of aromatic nitrogens is 2. The van der Waals surface area contributed by atoms with Gasteiger partial charge in [-0.05, 0) is 12.1 Å². The van der Waals surface area contributed by atoms with Crippen LogP contribution < -0.4 is 5.73 Å². The molecule has 0 unspecified atom stereocenters. The van der Waals surface area contributed by atoms with E-state index in [-0.39, 0.29) is 0 Å². The highest BCUT2D eigenvalue weighted by molar-refractivity contribution is 5.77. The van der Waals surface area contributed by atoms with Gasteiger partial charge in [-0.1, -0.05) is 18.2 Å². The minimum atomic E-state index is 0.500. The van der Waals surface area contributed by atoms with Gasteiger partial charge in [0.05, 0.1) is 6.54 Å². The van der Waals surface area contributed by atoms with Gasteiger partial charge in [-0.25, -0.2) is 4.98 Å². The molecule has 0 saturated carbocycles. The zero-order valence-corrected chi connectivity index (χ0v) is 8.63. The van der Waals surface area contributed by atoms with Gasteiger partial charge >= 0.3 is 0 Å². The molecule has 4 heteroatoms. The highest BCUT2D eigenvalue weighted by Gasteiger charge is 2.05. The van der Waals surface area contributed by atoms with Crippen molar-refractivity contribution in [3.05, 3.63) is 48.5 Å². The molecule has 2 N–H and O–H groups in total. The molecule has 0 fully saturated rings. The first-order chi connectivity index (χ1) is 7.83. The summed E-state index contributed by atoms with van der Waals surface area (Å²) in [7, 11) is 0. The first kappa shape index (κ1) is 9.03. The normalized spacial score (nSPS) is 11.0. The summed E-state index contributed by atoms with van der Waals surface area (Å²) in [6, 6.07) is 9.96. The van der Waals surface area contributed by atoms with Crippen LogP contribution in [0.4, 0.5) is 5.95 Å². The summed E-state index contributed by atoms with van der Waals surface area (Å²) in [5, 5.41) is 1.11. The van der Waals surface area contributed by atoms with Crippen LogP contribution in [0.3, 0.4) is 0 Å². The fourth-order valence-electron chi connectivity index (χ4n) is 1.76. The molecule has 2 heterocycles. The molecule has 3 aromatic rings. The van der Waals surface area contributed by atoms with Gasteiger partial charge in [0.15, 0.2) is 0 Å². The molecule has 0 amide bonds. The van der Waals surface area contributed by atoms with Crippen LogP contribution >= 0.6 is 0 Å². The number of hydrogen-bond donors (Lipinski definition) is 1. The van der Waals surface area contributed by atoms with E-state index in [4.69, 9.17) is 10.2 Å². The van der Waals surface area contributed by atoms with Crippen molar-refractivity contribution in [2.24, 2.45) is 0 Å². The molecular formula is C12H11N3O. The van der Waals surface area contributed by atoms with Crippen LogP contribution in [0.15, 0.2) is 47.1 Å². The highest BCUT2D eigenvalue weighted by Crippen LogP contribution is 2.19. The average molecular weight is 213 g/mol. The summed E-state index contributed by atoms with van der Waals surface area (Å²) < 4.78 is 7.54. The molecule has 0 atom stereocenters. The van der Waals surface area contributed by atoms with E-state index >= 15 is 0 Å². The number of benzene rings is 1. The number of para-hydroxylation sites is 1. The Balaban J connectivity index is 1.98. The Morgan fingerprint density at radius 3 is 2.94 bits per heavy atom. The molecule has 1 aromatic carbocycles. The van der Waals surface area contributed by atoms with E-state index in [2.05, 4.69) is 4.98 Å². The summed E-state index contributed by atoms with van der Waals surface area (Å²) in [6.07, 6.45) is 3.51. The standard InChI is InChI=1S/C12H11N3O/c13-12-14-5-6-15(12)8-10-7-9-3-1-2-4-11(9)16-10/h1-7H,8H2,(H2,13,14). The summed E-state index contributed by atoms with van der Waals surface area (Å²) >= 11 is 0. The van der Waals surface area contributed by atoms with Gasteiger partial charge in [0, 0.05) is 17.8 Å². The molecular weight excluding hydrogens is 202 g/mol. The number of furan rings is 1. The van der Waals surface area contributed by atoms with Gasteiger partial charge in [0.1, 0.15) is 11.3 Å². The van der Waals surface area contributed by atoms with E-state index in [1.165, 1.54) is 0 Å². The second-order valence-electron chi connectivity index (χ2n) is 3.66. The zero-order valence-electron chi connectivity index (χ0n) is 8.63. The summed E-state index contributed by atoms with van der Waals surface area (Å²) in [5.74, 6) is 1.38. The third-order valence-electron chi connectivity index (χ3n) is 2.55. The van der Waals surface area contributed by atoms with Gasteiger partial charge in [-0.15, -0.1) is 0 Å². The summed E-state index contributed by atoms with van der Waals surface area (Å²) in [4.78, 5) is 3.97. The number of fused-ring (bicyclic) bond motifs is 1. The first-order valence-electron chi connectivity index (χ1n) is 5.07. The Bertz CT molecular complexity index is 591. The summed E-state index contributed by atoms with van der Waals surface area (Å²) in [5.41, 5.74) is 6.59. The molecule has 0 aliphatic rings. The quantitative estimate of drug-likeness (QED) is 0.710. The van der Waals surface area contributed by atoms with Crippen LogP contribution in [0.1, 0.15) is 5.76 Å². The number of nitrogens with two attached hydrogens (primary N) is 1. The van der Waals surface area contributed by atoms with Crippen molar-refractivity contribution < 1.29 is 4.42 Å².